The second kappa shape index (κ2) is 8.40. The van der Waals surface area contributed by atoms with Crippen LogP contribution in [0.3, 0.4) is 0 Å². The van der Waals surface area contributed by atoms with Crippen molar-refractivity contribution in [2.24, 2.45) is 0 Å². The number of fused-ring (bicyclic) bond motifs is 3. The lowest BCUT2D eigenvalue weighted by atomic mass is 9.94. The number of hydrogen-bond acceptors (Lipinski definition) is 5. The first-order valence-corrected chi connectivity index (χ1v) is 12.2. The highest BCUT2D eigenvalue weighted by Gasteiger charge is 2.25. The Kier molecular flexibility index (Phi) is 5.31. The number of nitrogens with zero attached hydrogens (tertiary/aromatic N) is 1. The number of aromatic nitrogens is 1. The molecule has 35 heavy (non-hydrogen) atoms. The Morgan fingerprint density at radius 3 is 2.14 bits per heavy atom. The van der Waals surface area contributed by atoms with Gasteiger partial charge in [0.2, 0.25) is 16.4 Å². The predicted molar refractivity (Wildman–Crippen MR) is 138 cm³/mol. The molecule has 1 fully saturated rings. The van der Waals surface area contributed by atoms with Crippen LogP contribution in [0.1, 0.15) is 38.1 Å². The Labute approximate surface area is 208 Å². The zero-order valence-electron chi connectivity index (χ0n) is 18.5. The fourth-order valence-corrected chi connectivity index (χ4v) is 5.43. The van der Waals surface area contributed by atoms with E-state index in [0.717, 1.165) is 32.1 Å². The van der Waals surface area contributed by atoms with Crippen molar-refractivity contribution in [2.45, 2.75) is 38.1 Å². The summed E-state index contributed by atoms with van der Waals surface area (Å²) in [7, 11) is 0. The lowest BCUT2D eigenvalue weighted by molar-refractivity contribution is 0.348. The van der Waals surface area contributed by atoms with Gasteiger partial charge in [0.25, 0.3) is 5.56 Å². The van der Waals surface area contributed by atoms with E-state index >= 15 is 0 Å². The van der Waals surface area contributed by atoms with Crippen LogP contribution in [0.2, 0.25) is 10.0 Å². The van der Waals surface area contributed by atoms with Crippen molar-refractivity contribution >= 4 is 56.1 Å². The van der Waals surface area contributed by atoms with E-state index in [1.807, 2.05) is 0 Å². The smallest absolute Gasteiger partial charge is 0.295 e. The van der Waals surface area contributed by atoms with E-state index in [0.29, 0.717) is 26.7 Å². The molecule has 0 radical (unpaired) electrons. The second-order valence-corrected chi connectivity index (χ2v) is 9.80. The molecule has 0 bridgehead atoms. The van der Waals surface area contributed by atoms with E-state index in [-0.39, 0.29) is 44.4 Å². The Balaban J connectivity index is 1.74. The summed E-state index contributed by atoms with van der Waals surface area (Å²) in [5.41, 5.74) is 0.00352. The minimum absolute atomic E-state index is 0.0348. The molecule has 8 heteroatoms. The molecular formula is C27H19Cl2NO5. The summed E-state index contributed by atoms with van der Waals surface area (Å²) in [5, 5.41) is 1.44. The van der Waals surface area contributed by atoms with Crippen LogP contribution < -0.4 is 16.4 Å². The number of hydrogen-bond donors (Lipinski definition) is 0. The summed E-state index contributed by atoms with van der Waals surface area (Å²) in [6.45, 7) is 0. The molecule has 2 aromatic carbocycles. The predicted octanol–water partition coefficient (Wildman–Crippen LogP) is 6.69. The van der Waals surface area contributed by atoms with Crippen LogP contribution in [0.25, 0.3) is 44.2 Å². The highest BCUT2D eigenvalue weighted by molar-refractivity contribution is 6.31. The van der Waals surface area contributed by atoms with E-state index in [9.17, 15) is 14.4 Å². The number of pyridine rings is 1. The molecule has 1 aliphatic rings. The van der Waals surface area contributed by atoms with E-state index in [2.05, 4.69) is 0 Å². The number of halogens is 2. The zero-order chi connectivity index (χ0) is 24.3. The molecule has 0 aliphatic heterocycles. The Hall–Kier alpha value is -3.35. The van der Waals surface area contributed by atoms with Crippen molar-refractivity contribution in [3.05, 3.63) is 89.6 Å². The molecule has 0 unspecified atom stereocenters. The molecule has 176 valence electrons. The van der Waals surface area contributed by atoms with Crippen LogP contribution in [-0.4, -0.2) is 4.57 Å². The van der Waals surface area contributed by atoms with Gasteiger partial charge in [-0.15, -0.1) is 0 Å². The topological polar surface area (TPSA) is 82.4 Å². The van der Waals surface area contributed by atoms with Crippen LogP contribution in [0, 0.1) is 0 Å². The van der Waals surface area contributed by atoms with Gasteiger partial charge in [-0.2, -0.15) is 0 Å². The van der Waals surface area contributed by atoms with Gasteiger partial charge in [-0.3, -0.25) is 14.4 Å². The van der Waals surface area contributed by atoms with Gasteiger partial charge in [0.1, 0.15) is 17.4 Å². The van der Waals surface area contributed by atoms with Gasteiger partial charge in [-0.25, -0.2) is 0 Å². The molecular weight excluding hydrogens is 489 g/mol. The van der Waals surface area contributed by atoms with E-state index in [4.69, 9.17) is 32.0 Å². The highest BCUT2D eigenvalue weighted by atomic mass is 35.5. The number of benzene rings is 2. The largest absolute Gasteiger partial charge is 0.463 e. The average molecular weight is 508 g/mol. The first kappa shape index (κ1) is 22.1. The molecule has 0 N–H and O–H groups in total. The Morgan fingerprint density at radius 1 is 0.771 bits per heavy atom. The lowest BCUT2D eigenvalue weighted by Crippen LogP contribution is -2.30. The Bertz CT molecular complexity index is 1830. The van der Waals surface area contributed by atoms with Crippen molar-refractivity contribution in [3.63, 3.8) is 0 Å². The molecule has 0 spiro atoms. The van der Waals surface area contributed by atoms with Crippen molar-refractivity contribution in [1.82, 2.24) is 4.57 Å². The first-order chi connectivity index (χ1) is 16.9. The van der Waals surface area contributed by atoms with Gasteiger partial charge in [-0.1, -0.05) is 42.5 Å². The molecule has 1 saturated carbocycles. The molecule has 3 aromatic heterocycles. The normalized spacial score (nSPS) is 14.8. The van der Waals surface area contributed by atoms with E-state index in [1.54, 1.807) is 41.0 Å². The van der Waals surface area contributed by atoms with Crippen LogP contribution >= 0.6 is 23.2 Å². The minimum atomic E-state index is -0.441. The maximum absolute atomic E-state index is 13.9. The van der Waals surface area contributed by atoms with Crippen molar-refractivity contribution < 1.29 is 8.83 Å². The van der Waals surface area contributed by atoms with E-state index in [1.165, 1.54) is 12.3 Å². The van der Waals surface area contributed by atoms with Gasteiger partial charge in [0.05, 0.1) is 27.4 Å². The third-order valence-electron chi connectivity index (χ3n) is 6.79. The average Bonchev–Trinajstić information content (AvgIpc) is 2.86. The minimum Gasteiger partial charge on any atom is -0.463 e. The van der Waals surface area contributed by atoms with E-state index < -0.39 is 5.56 Å². The summed E-state index contributed by atoms with van der Waals surface area (Å²) in [6, 6.07) is 11.0. The first-order valence-electron chi connectivity index (χ1n) is 11.5. The third kappa shape index (κ3) is 3.60. The molecule has 6 nitrogen and oxygen atoms in total. The standard InChI is InChI=1S/C27H19Cl2NO5/c28-14-6-8-22-17(10-14)25(32)20(13-34-22)21-12-19-24(31)18-11-15(29)7-9-23(18)35-26(19)27(33)30(21)16-4-2-1-3-5-16/h6-13,16H,1-5H2. The highest BCUT2D eigenvalue weighted by Crippen LogP contribution is 2.33. The molecule has 0 amide bonds. The van der Waals surface area contributed by atoms with Gasteiger partial charge >= 0.3 is 0 Å². The SMILES string of the molecule is O=c1c(-c2cc3c(=O)c4cc(Cl)ccc4oc3c(=O)n2C2CCCCC2)coc2ccc(Cl)cc12. The van der Waals surface area contributed by atoms with Crippen LogP contribution in [0.5, 0.6) is 0 Å². The maximum Gasteiger partial charge on any atom is 0.295 e. The van der Waals surface area contributed by atoms with Crippen LogP contribution in [0.4, 0.5) is 0 Å². The monoisotopic (exact) mass is 507 g/mol. The maximum atomic E-state index is 13.9. The molecule has 6 rings (SSSR count). The summed E-state index contributed by atoms with van der Waals surface area (Å²) in [4.78, 5) is 40.8. The Morgan fingerprint density at radius 2 is 1.43 bits per heavy atom. The summed E-state index contributed by atoms with van der Waals surface area (Å²) < 4.78 is 13.3. The van der Waals surface area contributed by atoms with Crippen molar-refractivity contribution in [1.29, 1.82) is 0 Å². The molecule has 0 atom stereocenters. The van der Waals surface area contributed by atoms with Crippen molar-refractivity contribution in [3.8, 4) is 11.3 Å². The summed E-state index contributed by atoms with van der Waals surface area (Å²) >= 11 is 12.2. The fourth-order valence-electron chi connectivity index (χ4n) is 5.09. The van der Waals surface area contributed by atoms with Gasteiger partial charge in [0, 0.05) is 16.1 Å². The van der Waals surface area contributed by atoms with Gasteiger partial charge < -0.3 is 13.4 Å². The zero-order valence-corrected chi connectivity index (χ0v) is 20.0. The van der Waals surface area contributed by atoms with Crippen molar-refractivity contribution in [2.75, 3.05) is 0 Å². The summed E-state index contributed by atoms with van der Waals surface area (Å²) in [5.74, 6) is 0. The second-order valence-electron chi connectivity index (χ2n) is 8.93. The molecule has 3 heterocycles. The van der Waals surface area contributed by atoms with Crippen LogP contribution in [0.15, 0.2) is 71.9 Å². The van der Waals surface area contributed by atoms with Gasteiger partial charge in [0.15, 0.2) is 0 Å². The quantitative estimate of drug-likeness (QED) is 0.248. The molecule has 5 aromatic rings. The number of rotatable bonds is 2. The fraction of sp³-hybridized carbons (Fsp3) is 0.222. The summed E-state index contributed by atoms with van der Waals surface area (Å²) in [6.07, 6.45) is 5.95. The third-order valence-corrected chi connectivity index (χ3v) is 7.26. The molecule has 0 saturated heterocycles. The lowest BCUT2D eigenvalue weighted by Gasteiger charge is -2.26. The molecule has 1 aliphatic carbocycles. The van der Waals surface area contributed by atoms with Gasteiger partial charge in [-0.05, 0) is 55.3 Å². The van der Waals surface area contributed by atoms with Crippen LogP contribution in [-0.2, 0) is 0 Å².